The molecule has 1 aromatic heterocycles. The summed E-state index contributed by atoms with van der Waals surface area (Å²) < 4.78 is 1.34. The van der Waals surface area contributed by atoms with Gasteiger partial charge in [-0.25, -0.2) is 9.48 Å². The standard InChI is InChI=1S/C18H15N5O4/c24-16-6-5-13(23-10-19-20-21-23)8-14(16)17(25)22-9-12-4-2-1-3-11(12)7-15(22)18(26)27/h1-6,8,10,15,24H,7,9H2,(H,26,27)/t15-/m1/s1. The monoisotopic (exact) mass is 365 g/mol. The second-order valence-corrected chi connectivity index (χ2v) is 6.22. The second kappa shape index (κ2) is 6.52. The first kappa shape index (κ1) is 16.7. The summed E-state index contributed by atoms with van der Waals surface area (Å²) in [5.74, 6) is -1.89. The number of nitrogens with zero attached hydrogens (tertiary/aromatic N) is 5. The van der Waals surface area contributed by atoms with Crippen LogP contribution in [0.1, 0.15) is 21.5 Å². The highest BCUT2D eigenvalue weighted by Crippen LogP contribution is 2.28. The molecule has 1 atom stereocenters. The molecule has 0 bridgehead atoms. The van der Waals surface area contributed by atoms with E-state index in [2.05, 4.69) is 15.5 Å². The quantitative estimate of drug-likeness (QED) is 0.710. The molecule has 3 aromatic rings. The third-order valence-corrected chi connectivity index (χ3v) is 4.62. The largest absolute Gasteiger partial charge is 0.507 e. The average molecular weight is 365 g/mol. The van der Waals surface area contributed by atoms with Gasteiger partial charge in [0.1, 0.15) is 18.1 Å². The van der Waals surface area contributed by atoms with Gasteiger partial charge < -0.3 is 15.1 Å². The van der Waals surface area contributed by atoms with Crippen molar-refractivity contribution in [3.63, 3.8) is 0 Å². The van der Waals surface area contributed by atoms with E-state index in [0.29, 0.717) is 5.69 Å². The molecule has 1 aliphatic rings. The van der Waals surface area contributed by atoms with Gasteiger partial charge in [0.05, 0.1) is 11.3 Å². The zero-order chi connectivity index (χ0) is 19.0. The van der Waals surface area contributed by atoms with Crippen molar-refractivity contribution in [1.82, 2.24) is 25.1 Å². The Kier molecular flexibility index (Phi) is 4.03. The van der Waals surface area contributed by atoms with Crippen LogP contribution in [0.2, 0.25) is 0 Å². The van der Waals surface area contributed by atoms with E-state index in [9.17, 15) is 19.8 Å². The Morgan fingerprint density at radius 1 is 1.11 bits per heavy atom. The van der Waals surface area contributed by atoms with Crippen LogP contribution in [-0.2, 0) is 17.8 Å². The summed E-state index contributed by atoms with van der Waals surface area (Å²) in [4.78, 5) is 26.1. The molecule has 0 aliphatic carbocycles. The maximum Gasteiger partial charge on any atom is 0.326 e. The Balaban J connectivity index is 1.73. The van der Waals surface area contributed by atoms with Crippen molar-refractivity contribution in [3.8, 4) is 11.4 Å². The van der Waals surface area contributed by atoms with Crippen LogP contribution >= 0.6 is 0 Å². The van der Waals surface area contributed by atoms with Gasteiger partial charge in [0, 0.05) is 13.0 Å². The predicted molar refractivity (Wildman–Crippen MR) is 92.3 cm³/mol. The summed E-state index contributed by atoms with van der Waals surface area (Å²) in [7, 11) is 0. The van der Waals surface area contributed by atoms with Gasteiger partial charge in [0.25, 0.3) is 5.91 Å². The number of fused-ring (bicyclic) bond motifs is 1. The van der Waals surface area contributed by atoms with Crippen molar-refractivity contribution in [3.05, 3.63) is 65.5 Å². The summed E-state index contributed by atoms with van der Waals surface area (Å²) in [6, 6.07) is 10.8. The van der Waals surface area contributed by atoms with E-state index >= 15 is 0 Å². The lowest BCUT2D eigenvalue weighted by Gasteiger charge is -2.34. The van der Waals surface area contributed by atoms with Gasteiger partial charge in [-0.3, -0.25) is 4.79 Å². The molecule has 0 saturated carbocycles. The number of hydrogen-bond acceptors (Lipinski definition) is 6. The fraction of sp³-hybridized carbons (Fsp3) is 0.167. The summed E-state index contributed by atoms with van der Waals surface area (Å²) in [6.07, 6.45) is 1.57. The minimum Gasteiger partial charge on any atom is -0.507 e. The van der Waals surface area contributed by atoms with E-state index in [4.69, 9.17) is 0 Å². The van der Waals surface area contributed by atoms with Gasteiger partial charge in [-0.2, -0.15) is 0 Å². The third kappa shape index (κ3) is 2.99. The van der Waals surface area contributed by atoms with Crippen molar-refractivity contribution in [2.75, 3.05) is 0 Å². The fourth-order valence-electron chi connectivity index (χ4n) is 3.23. The fourth-order valence-corrected chi connectivity index (χ4v) is 3.23. The Bertz CT molecular complexity index is 1020. The SMILES string of the molecule is O=C(O)[C@H]1Cc2ccccc2CN1C(=O)c1cc(-n2cnnn2)ccc1O. The molecular weight excluding hydrogens is 350 g/mol. The molecule has 136 valence electrons. The molecule has 0 unspecified atom stereocenters. The van der Waals surface area contributed by atoms with Gasteiger partial charge in [-0.05, 0) is 39.8 Å². The molecule has 27 heavy (non-hydrogen) atoms. The van der Waals surface area contributed by atoms with Crippen LogP contribution in [-0.4, -0.2) is 53.2 Å². The number of carbonyl (C=O) groups excluding carboxylic acids is 1. The van der Waals surface area contributed by atoms with Crippen LogP contribution in [0.5, 0.6) is 5.75 Å². The van der Waals surface area contributed by atoms with Gasteiger partial charge in [-0.15, -0.1) is 5.10 Å². The molecule has 9 heteroatoms. The second-order valence-electron chi connectivity index (χ2n) is 6.22. The molecule has 0 radical (unpaired) electrons. The van der Waals surface area contributed by atoms with Crippen molar-refractivity contribution in [1.29, 1.82) is 0 Å². The van der Waals surface area contributed by atoms with Crippen molar-refractivity contribution in [2.24, 2.45) is 0 Å². The first-order valence-electron chi connectivity index (χ1n) is 8.21. The number of carboxylic acid groups (broad SMARTS) is 1. The number of aliphatic carboxylic acids is 1. The van der Waals surface area contributed by atoms with Gasteiger partial charge in [0.2, 0.25) is 0 Å². The van der Waals surface area contributed by atoms with Crippen LogP contribution in [0.25, 0.3) is 5.69 Å². The minimum atomic E-state index is -1.09. The van der Waals surface area contributed by atoms with Crippen molar-refractivity contribution < 1.29 is 19.8 Å². The Morgan fingerprint density at radius 3 is 2.59 bits per heavy atom. The number of phenols is 1. The molecule has 2 aromatic carbocycles. The highest BCUT2D eigenvalue weighted by atomic mass is 16.4. The van der Waals surface area contributed by atoms with Crippen LogP contribution in [0.15, 0.2) is 48.8 Å². The van der Waals surface area contributed by atoms with E-state index < -0.39 is 17.9 Å². The number of tetrazole rings is 1. The number of amides is 1. The number of benzene rings is 2. The summed E-state index contributed by atoms with van der Waals surface area (Å²) in [5.41, 5.74) is 2.26. The lowest BCUT2D eigenvalue weighted by atomic mass is 9.93. The van der Waals surface area contributed by atoms with Crippen LogP contribution in [0, 0.1) is 0 Å². The molecule has 0 fully saturated rings. The summed E-state index contributed by atoms with van der Waals surface area (Å²) in [6.45, 7) is 0.153. The van der Waals surface area contributed by atoms with E-state index in [1.165, 1.54) is 28.0 Å². The smallest absolute Gasteiger partial charge is 0.326 e. The van der Waals surface area contributed by atoms with Gasteiger partial charge in [0.15, 0.2) is 0 Å². The zero-order valence-corrected chi connectivity index (χ0v) is 14.1. The van der Waals surface area contributed by atoms with E-state index in [1.54, 1.807) is 6.07 Å². The first-order chi connectivity index (χ1) is 13.0. The van der Waals surface area contributed by atoms with E-state index in [0.717, 1.165) is 11.1 Å². The number of aromatic hydroxyl groups is 1. The molecule has 4 rings (SSSR count). The number of hydrogen-bond donors (Lipinski definition) is 2. The minimum absolute atomic E-state index is 0.00590. The average Bonchev–Trinajstić information content (AvgIpc) is 3.21. The normalized spacial score (nSPS) is 16.0. The molecule has 0 saturated heterocycles. The zero-order valence-electron chi connectivity index (χ0n) is 14.1. The maximum absolute atomic E-state index is 13.1. The predicted octanol–water partition coefficient (Wildman–Crippen LogP) is 1.02. The van der Waals surface area contributed by atoms with Crippen LogP contribution < -0.4 is 0 Å². The summed E-state index contributed by atoms with van der Waals surface area (Å²) >= 11 is 0. The highest BCUT2D eigenvalue weighted by molar-refractivity contribution is 5.99. The highest BCUT2D eigenvalue weighted by Gasteiger charge is 2.35. The van der Waals surface area contributed by atoms with Crippen molar-refractivity contribution in [2.45, 2.75) is 19.0 Å². The number of phenolic OH excluding ortho intramolecular Hbond substituents is 1. The molecule has 2 N–H and O–H groups in total. The Labute approximate surface area is 153 Å². The molecule has 2 heterocycles. The van der Waals surface area contributed by atoms with E-state index in [-0.39, 0.29) is 24.3 Å². The molecule has 0 spiro atoms. The molecule has 9 nitrogen and oxygen atoms in total. The lowest BCUT2D eigenvalue weighted by Crippen LogP contribution is -2.48. The third-order valence-electron chi connectivity index (χ3n) is 4.62. The molecular formula is C18H15N5O4. The first-order valence-corrected chi connectivity index (χ1v) is 8.21. The van der Waals surface area contributed by atoms with Crippen LogP contribution in [0.3, 0.4) is 0 Å². The van der Waals surface area contributed by atoms with Gasteiger partial charge in [-0.1, -0.05) is 24.3 Å². The topological polar surface area (TPSA) is 121 Å². The number of rotatable bonds is 3. The number of aromatic nitrogens is 4. The summed E-state index contributed by atoms with van der Waals surface area (Å²) in [5, 5.41) is 30.7. The number of carboxylic acids is 1. The Hall–Kier alpha value is -3.75. The lowest BCUT2D eigenvalue weighted by molar-refractivity contribution is -0.142. The van der Waals surface area contributed by atoms with E-state index in [1.807, 2.05) is 24.3 Å². The van der Waals surface area contributed by atoms with Crippen LogP contribution in [0.4, 0.5) is 0 Å². The van der Waals surface area contributed by atoms with Gasteiger partial charge >= 0.3 is 5.97 Å². The molecule has 1 amide bonds. The number of carbonyl (C=O) groups is 2. The van der Waals surface area contributed by atoms with Crippen molar-refractivity contribution >= 4 is 11.9 Å². The Morgan fingerprint density at radius 2 is 1.89 bits per heavy atom. The maximum atomic E-state index is 13.1. The molecule has 1 aliphatic heterocycles.